The molecule has 7 nitrogen and oxygen atoms in total. The zero-order valence-electron chi connectivity index (χ0n) is 18.5. The van der Waals surface area contributed by atoms with E-state index in [4.69, 9.17) is 4.74 Å². The lowest BCUT2D eigenvalue weighted by Crippen LogP contribution is -2.46. The van der Waals surface area contributed by atoms with Crippen molar-refractivity contribution in [3.05, 3.63) is 77.6 Å². The normalized spacial score (nSPS) is 18.8. The van der Waals surface area contributed by atoms with Gasteiger partial charge in [-0.25, -0.2) is 9.18 Å². The Balaban J connectivity index is 1.54. The molecule has 0 aliphatic carbocycles. The number of aromatic nitrogens is 2. The Hall–Kier alpha value is -2.30. The lowest BCUT2D eigenvalue weighted by Gasteiger charge is -2.37. The van der Waals surface area contributed by atoms with E-state index in [2.05, 4.69) is 41.7 Å². The summed E-state index contributed by atoms with van der Waals surface area (Å²) in [6, 6.07) is 9.68. The summed E-state index contributed by atoms with van der Waals surface area (Å²) in [7, 11) is 0. The molecule has 1 aliphatic heterocycles. The third-order valence-electron chi connectivity index (χ3n) is 6.23. The molecular formula is C24H24Br2FN3O4. The number of likely N-dealkylation sites (tertiary alicyclic amines) is 1. The van der Waals surface area contributed by atoms with Crippen molar-refractivity contribution in [2.45, 2.75) is 25.8 Å². The number of hydrogen-bond acceptors (Lipinski definition) is 5. The average molecular weight is 597 g/mol. The largest absolute Gasteiger partial charge is 0.466 e. The van der Waals surface area contributed by atoms with E-state index in [1.54, 1.807) is 31.2 Å². The number of hydrogen-bond donors (Lipinski definition) is 1. The van der Waals surface area contributed by atoms with Crippen molar-refractivity contribution < 1.29 is 13.9 Å². The summed E-state index contributed by atoms with van der Waals surface area (Å²) in [6.45, 7) is 3.76. The summed E-state index contributed by atoms with van der Waals surface area (Å²) < 4.78 is 21.3. The Morgan fingerprint density at radius 1 is 1.18 bits per heavy atom. The Morgan fingerprint density at radius 3 is 2.62 bits per heavy atom. The smallest absolute Gasteiger partial charge is 0.328 e. The maximum Gasteiger partial charge on any atom is 0.328 e. The average Bonchev–Trinajstić information content (AvgIpc) is 2.80. The number of ether oxygens (including phenoxy) is 1. The number of piperidine rings is 1. The quantitative estimate of drug-likeness (QED) is 0.435. The standard InChI is InChI=1S/C24H24Br2FN3O4/c1-2-34-23(32)19-13-29(8-7-17(19)14-3-5-16(27)6-4-14)9-10-30-22(31)18-11-15(25)12-20(26)21(18)28-24(30)33/h3-6,11-12,17,19H,2,7-10,13H2,1H3,(H,28,33)/t17-,19-/m0/s1. The molecule has 2 heterocycles. The Bertz CT molecular complexity index is 1320. The molecule has 0 radical (unpaired) electrons. The summed E-state index contributed by atoms with van der Waals surface area (Å²) in [5.41, 5.74) is 0.502. The van der Waals surface area contributed by atoms with Gasteiger partial charge in [0.1, 0.15) is 5.82 Å². The highest BCUT2D eigenvalue weighted by Crippen LogP contribution is 2.34. The van der Waals surface area contributed by atoms with E-state index in [9.17, 15) is 18.8 Å². The molecule has 1 aromatic heterocycles. The maximum absolute atomic E-state index is 13.4. The van der Waals surface area contributed by atoms with Crippen molar-refractivity contribution in [1.29, 1.82) is 0 Å². The second-order valence-corrected chi connectivity index (χ2v) is 10.1. The number of aromatic amines is 1. The number of halogens is 3. The third kappa shape index (κ3) is 5.18. The summed E-state index contributed by atoms with van der Waals surface area (Å²) in [5.74, 6) is -1.12. The van der Waals surface area contributed by atoms with Gasteiger partial charge in [0.15, 0.2) is 0 Å². The van der Waals surface area contributed by atoms with Gasteiger partial charge >= 0.3 is 11.7 Å². The van der Waals surface area contributed by atoms with Crippen LogP contribution in [0.4, 0.5) is 4.39 Å². The van der Waals surface area contributed by atoms with Gasteiger partial charge in [0.25, 0.3) is 5.56 Å². The number of benzene rings is 2. The van der Waals surface area contributed by atoms with Crippen LogP contribution in [0.15, 0.2) is 54.9 Å². The van der Waals surface area contributed by atoms with E-state index < -0.39 is 11.6 Å². The molecule has 10 heteroatoms. The number of nitrogens with one attached hydrogen (secondary N) is 1. The van der Waals surface area contributed by atoms with Crippen molar-refractivity contribution in [2.75, 3.05) is 26.2 Å². The fraction of sp³-hybridized carbons (Fsp3) is 0.375. The molecule has 0 bridgehead atoms. The molecule has 0 unspecified atom stereocenters. The maximum atomic E-state index is 13.4. The number of esters is 1. The predicted octanol–water partition coefficient (Wildman–Crippen LogP) is 4.02. The minimum Gasteiger partial charge on any atom is -0.466 e. The number of rotatable bonds is 6. The van der Waals surface area contributed by atoms with E-state index in [1.165, 1.54) is 16.7 Å². The van der Waals surface area contributed by atoms with Crippen LogP contribution in [0.3, 0.4) is 0 Å². The summed E-state index contributed by atoms with van der Waals surface area (Å²) in [4.78, 5) is 43.2. The summed E-state index contributed by atoms with van der Waals surface area (Å²) >= 11 is 6.76. The number of nitrogens with zero attached hydrogens (tertiary/aromatic N) is 2. The van der Waals surface area contributed by atoms with Crippen LogP contribution in [0.2, 0.25) is 0 Å². The third-order valence-corrected chi connectivity index (χ3v) is 7.32. The molecule has 3 aromatic rings. The van der Waals surface area contributed by atoms with Gasteiger partial charge in [-0.15, -0.1) is 0 Å². The van der Waals surface area contributed by atoms with E-state index in [0.29, 0.717) is 41.4 Å². The Labute approximate surface area is 212 Å². The Kier molecular flexibility index (Phi) is 7.69. The molecule has 0 amide bonds. The zero-order chi connectivity index (χ0) is 24.4. The van der Waals surface area contributed by atoms with Gasteiger partial charge < -0.3 is 14.6 Å². The molecular weight excluding hydrogens is 573 g/mol. The van der Waals surface area contributed by atoms with Crippen molar-refractivity contribution in [2.24, 2.45) is 5.92 Å². The van der Waals surface area contributed by atoms with E-state index in [1.807, 2.05) is 0 Å². The molecule has 0 spiro atoms. The van der Waals surface area contributed by atoms with Crippen molar-refractivity contribution in [1.82, 2.24) is 14.5 Å². The van der Waals surface area contributed by atoms with E-state index in [0.717, 1.165) is 10.0 Å². The second-order valence-electron chi connectivity index (χ2n) is 8.30. The first-order valence-corrected chi connectivity index (χ1v) is 12.6. The molecule has 1 N–H and O–H groups in total. The first kappa shape index (κ1) is 24.8. The van der Waals surface area contributed by atoms with Gasteiger partial charge in [0, 0.05) is 28.6 Å². The van der Waals surface area contributed by atoms with Crippen molar-refractivity contribution >= 4 is 48.7 Å². The highest BCUT2D eigenvalue weighted by Gasteiger charge is 2.36. The van der Waals surface area contributed by atoms with E-state index >= 15 is 0 Å². The molecule has 1 saturated heterocycles. The molecule has 1 aliphatic rings. The minimum absolute atomic E-state index is 0.0857. The van der Waals surface area contributed by atoms with E-state index in [-0.39, 0.29) is 36.4 Å². The van der Waals surface area contributed by atoms with Crippen LogP contribution in [0.25, 0.3) is 10.9 Å². The number of carbonyl (C=O) groups excluding carboxylic acids is 1. The first-order chi connectivity index (χ1) is 16.3. The van der Waals surface area contributed by atoms with Gasteiger partial charge in [-0.05, 0) is 71.6 Å². The lowest BCUT2D eigenvalue weighted by atomic mass is 9.80. The summed E-state index contributed by atoms with van der Waals surface area (Å²) in [5, 5.41) is 0.403. The van der Waals surface area contributed by atoms with Crippen LogP contribution in [-0.4, -0.2) is 46.7 Å². The Morgan fingerprint density at radius 2 is 1.91 bits per heavy atom. The predicted molar refractivity (Wildman–Crippen MR) is 135 cm³/mol. The second kappa shape index (κ2) is 10.5. The van der Waals surface area contributed by atoms with Crippen LogP contribution >= 0.6 is 31.9 Å². The minimum atomic E-state index is -0.483. The van der Waals surface area contributed by atoms with Gasteiger partial charge in [0.2, 0.25) is 0 Å². The van der Waals surface area contributed by atoms with Gasteiger partial charge in [-0.2, -0.15) is 0 Å². The molecule has 2 atom stereocenters. The molecule has 0 saturated carbocycles. The van der Waals surface area contributed by atoms with Crippen LogP contribution in [0, 0.1) is 11.7 Å². The van der Waals surface area contributed by atoms with Gasteiger partial charge in [0.05, 0.1) is 23.4 Å². The SMILES string of the molecule is CCOC(=O)[C@H]1CN(CCn2c(=O)[nH]c3c(Br)cc(Br)cc3c2=O)CC[C@H]1c1ccc(F)cc1. The molecule has 180 valence electrons. The van der Waals surface area contributed by atoms with Crippen LogP contribution in [-0.2, 0) is 16.1 Å². The van der Waals surface area contributed by atoms with Crippen molar-refractivity contribution in [3.8, 4) is 0 Å². The fourth-order valence-corrected chi connectivity index (χ4v) is 5.87. The number of fused-ring (bicyclic) bond motifs is 1. The molecule has 34 heavy (non-hydrogen) atoms. The highest BCUT2D eigenvalue weighted by molar-refractivity contribution is 9.11. The van der Waals surface area contributed by atoms with Gasteiger partial charge in [-0.1, -0.05) is 28.1 Å². The lowest BCUT2D eigenvalue weighted by molar-refractivity contribution is -0.150. The van der Waals surface area contributed by atoms with Crippen LogP contribution in [0.1, 0.15) is 24.8 Å². The van der Waals surface area contributed by atoms with Crippen LogP contribution < -0.4 is 11.2 Å². The molecule has 2 aromatic carbocycles. The molecule has 4 rings (SSSR count). The first-order valence-electron chi connectivity index (χ1n) is 11.0. The monoisotopic (exact) mass is 595 g/mol. The topological polar surface area (TPSA) is 84.4 Å². The zero-order valence-corrected chi connectivity index (χ0v) is 21.7. The van der Waals surface area contributed by atoms with Gasteiger partial charge in [-0.3, -0.25) is 14.2 Å². The highest BCUT2D eigenvalue weighted by atomic mass is 79.9. The van der Waals surface area contributed by atoms with Crippen molar-refractivity contribution in [3.63, 3.8) is 0 Å². The number of H-pyrrole nitrogens is 1. The summed E-state index contributed by atoms with van der Waals surface area (Å²) in [6.07, 6.45) is 0.679. The number of carbonyl (C=O) groups is 1. The fourth-order valence-electron chi connectivity index (χ4n) is 4.55. The van der Waals surface area contributed by atoms with Crippen LogP contribution in [0.5, 0.6) is 0 Å². The molecule has 1 fully saturated rings.